The number of β-amino-alcohol motifs (C(OH)–C–C–N with tert-alkyl or cyclic N) is 1. The van der Waals surface area contributed by atoms with Crippen molar-refractivity contribution >= 4 is 21.4 Å². The summed E-state index contributed by atoms with van der Waals surface area (Å²) < 4.78 is 1.87. The number of anilines is 1. The second-order valence-electron chi connectivity index (χ2n) is 5.85. The Balaban J connectivity index is 1.73. The van der Waals surface area contributed by atoms with Crippen LogP contribution in [0.5, 0.6) is 0 Å². The maximum absolute atomic E-state index is 9.62. The molecule has 0 radical (unpaired) electrons. The molecule has 1 aliphatic rings. The number of aliphatic hydroxyl groups is 1. The van der Waals surface area contributed by atoms with E-state index in [0.717, 1.165) is 48.4 Å². The molecule has 21 heavy (non-hydrogen) atoms. The fourth-order valence-electron chi connectivity index (χ4n) is 2.96. The van der Waals surface area contributed by atoms with E-state index in [0.29, 0.717) is 6.04 Å². The quantitative estimate of drug-likeness (QED) is 0.925. The number of nitrogens with zero attached hydrogens (tertiary/aromatic N) is 5. The standard InChI is InChI=1S/C14H23N5OS/c1-4-12-9-18(6-5-17(12)8-11(3)20)14-16-19-7-10(2)15-13(19)21-14/h7,11-12,20H,4-6,8-9H2,1-3H3/t11-,12+/m1/s1. The van der Waals surface area contributed by atoms with Crippen LogP contribution in [0.4, 0.5) is 5.13 Å². The van der Waals surface area contributed by atoms with Gasteiger partial charge in [-0.2, -0.15) is 0 Å². The molecule has 116 valence electrons. The van der Waals surface area contributed by atoms with Gasteiger partial charge in [-0.05, 0) is 20.3 Å². The summed E-state index contributed by atoms with van der Waals surface area (Å²) in [6.07, 6.45) is 2.79. The smallest absolute Gasteiger partial charge is 0.214 e. The first-order valence-corrected chi connectivity index (χ1v) is 8.38. The SMILES string of the molecule is CC[C@H]1CN(c2nn3cc(C)nc3s2)CCN1C[C@@H](C)O. The van der Waals surface area contributed by atoms with Crippen LogP contribution in [-0.2, 0) is 0 Å². The third kappa shape index (κ3) is 3.04. The van der Waals surface area contributed by atoms with E-state index in [2.05, 4.69) is 26.8 Å². The molecule has 6 nitrogen and oxygen atoms in total. The maximum atomic E-state index is 9.62. The van der Waals surface area contributed by atoms with E-state index in [9.17, 15) is 5.11 Å². The number of hydrogen-bond donors (Lipinski definition) is 1. The predicted octanol–water partition coefficient (Wildman–Crippen LogP) is 1.38. The van der Waals surface area contributed by atoms with Crippen LogP contribution in [0.3, 0.4) is 0 Å². The highest BCUT2D eigenvalue weighted by atomic mass is 32.1. The van der Waals surface area contributed by atoms with E-state index in [-0.39, 0.29) is 6.10 Å². The Morgan fingerprint density at radius 3 is 2.95 bits per heavy atom. The van der Waals surface area contributed by atoms with Crippen LogP contribution in [0, 0.1) is 6.92 Å². The second kappa shape index (κ2) is 5.90. The van der Waals surface area contributed by atoms with Crippen molar-refractivity contribution in [1.29, 1.82) is 0 Å². The number of rotatable bonds is 4. The van der Waals surface area contributed by atoms with E-state index in [4.69, 9.17) is 0 Å². The zero-order chi connectivity index (χ0) is 15.0. The lowest BCUT2D eigenvalue weighted by Gasteiger charge is -2.41. The van der Waals surface area contributed by atoms with Crippen LogP contribution in [0.25, 0.3) is 4.96 Å². The van der Waals surface area contributed by atoms with E-state index in [1.807, 2.05) is 24.6 Å². The van der Waals surface area contributed by atoms with Crippen LogP contribution in [-0.4, -0.2) is 62.9 Å². The zero-order valence-corrected chi connectivity index (χ0v) is 13.7. The molecular weight excluding hydrogens is 286 g/mol. The summed E-state index contributed by atoms with van der Waals surface area (Å²) in [5, 5.41) is 15.3. The van der Waals surface area contributed by atoms with Gasteiger partial charge in [0.05, 0.1) is 18.0 Å². The van der Waals surface area contributed by atoms with Crippen molar-refractivity contribution in [3.8, 4) is 0 Å². The molecular formula is C14H23N5OS. The minimum Gasteiger partial charge on any atom is -0.392 e. The zero-order valence-electron chi connectivity index (χ0n) is 12.9. The molecule has 7 heteroatoms. The Bertz CT molecular complexity index is 576. The summed E-state index contributed by atoms with van der Waals surface area (Å²) in [5.74, 6) is 0. The monoisotopic (exact) mass is 309 g/mol. The van der Waals surface area contributed by atoms with Gasteiger partial charge in [-0.25, -0.2) is 9.50 Å². The number of hydrogen-bond acceptors (Lipinski definition) is 6. The van der Waals surface area contributed by atoms with Gasteiger partial charge in [0.15, 0.2) is 0 Å². The van der Waals surface area contributed by atoms with Crippen molar-refractivity contribution in [2.75, 3.05) is 31.1 Å². The summed E-state index contributed by atoms with van der Waals surface area (Å²) in [6.45, 7) is 9.72. The second-order valence-corrected chi connectivity index (χ2v) is 6.78. The van der Waals surface area contributed by atoms with Crippen molar-refractivity contribution < 1.29 is 5.11 Å². The largest absolute Gasteiger partial charge is 0.392 e. The summed E-state index contributed by atoms with van der Waals surface area (Å²) in [5.41, 5.74) is 1.01. The topological polar surface area (TPSA) is 56.9 Å². The highest BCUT2D eigenvalue weighted by Gasteiger charge is 2.28. The number of imidazole rings is 1. The average molecular weight is 309 g/mol. The fraction of sp³-hybridized carbons (Fsp3) is 0.714. The molecule has 1 aliphatic heterocycles. The van der Waals surface area contributed by atoms with Crippen LogP contribution < -0.4 is 4.90 Å². The molecule has 0 spiro atoms. The van der Waals surface area contributed by atoms with Crippen LogP contribution >= 0.6 is 11.3 Å². The highest BCUT2D eigenvalue weighted by Crippen LogP contribution is 2.26. The lowest BCUT2D eigenvalue weighted by atomic mass is 10.1. The van der Waals surface area contributed by atoms with Gasteiger partial charge in [-0.1, -0.05) is 18.3 Å². The number of piperazine rings is 1. The summed E-state index contributed by atoms with van der Waals surface area (Å²) in [7, 11) is 0. The third-order valence-electron chi connectivity index (χ3n) is 4.00. The summed E-state index contributed by atoms with van der Waals surface area (Å²) in [4.78, 5) is 10.2. The molecule has 0 aliphatic carbocycles. The van der Waals surface area contributed by atoms with Crippen molar-refractivity contribution in [1.82, 2.24) is 19.5 Å². The lowest BCUT2D eigenvalue weighted by molar-refractivity contribution is 0.0885. The molecule has 1 fully saturated rings. The molecule has 0 unspecified atom stereocenters. The molecule has 0 amide bonds. The molecule has 0 aromatic carbocycles. The summed E-state index contributed by atoms with van der Waals surface area (Å²) in [6, 6.07) is 0.478. The molecule has 1 N–H and O–H groups in total. The third-order valence-corrected chi connectivity index (χ3v) is 4.98. The van der Waals surface area contributed by atoms with Crippen molar-refractivity contribution in [2.45, 2.75) is 39.3 Å². The first-order chi connectivity index (χ1) is 10.1. The number of aliphatic hydroxyl groups excluding tert-OH is 1. The molecule has 1 saturated heterocycles. The molecule has 0 saturated carbocycles. The molecule has 3 heterocycles. The van der Waals surface area contributed by atoms with Crippen molar-refractivity contribution in [2.24, 2.45) is 0 Å². The van der Waals surface area contributed by atoms with Gasteiger partial charge >= 0.3 is 0 Å². The Labute approximate surface area is 129 Å². The van der Waals surface area contributed by atoms with Crippen molar-refractivity contribution in [3.05, 3.63) is 11.9 Å². The van der Waals surface area contributed by atoms with Gasteiger partial charge in [0.25, 0.3) is 0 Å². The first-order valence-electron chi connectivity index (χ1n) is 7.56. The van der Waals surface area contributed by atoms with Crippen LogP contribution in [0.2, 0.25) is 0 Å². The normalized spacial score (nSPS) is 22.1. The minimum atomic E-state index is -0.267. The molecule has 0 bridgehead atoms. The van der Waals surface area contributed by atoms with Gasteiger partial charge in [-0.3, -0.25) is 4.90 Å². The number of aromatic nitrogens is 3. The van der Waals surface area contributed by atoms with E-state index in [1.54, 1.807) is 11.3 Å². The lowest BCUT2D eigenvalue weighted by Crippen LogP contribution is -2.54. The number of fused-ring (bicyclic) bond motifs is 1. The fourth-order valence-corrected chi connectivity index (χ4v) is 3.92. The Morgan fingerprint density at radius 2 is 2.29 bits per heavy atom. The Kier molecular flexibility index (Phi) is 4.14. The van der Waals surface area contributed by atoms with Gasteiger partial charge in [-0.15, -0.1) is 5.10 Å². The Morgan fingerprint density at radius 1 is 1.48 bits per heavy atom. The van der Waals surface area contributed by atoms with E-state index < -0.39 is 0 Å². The highest BCUT2D eigenvalue weighted by molar-refractivity contribution is 7.20. The predicted molar refractivity (Wildman–Crippen MR) is 85.1 cm³/mol. The van der Waals surface area contributed by atoms with Crippen LogP contribution in [0.15, 0.2) is 6.20 Å². The molecule has 2 atom stereocenters. The van der Waals surface area contributed by atoms with Crippen molar-refractivity contribution in [3.63, 3.8) is 0 Å². The van der Waals surface area contributed by atoms with Gasteiger partial charge in [0, 0.05) is 32.2 Å². The minimum absolute atomic E-state index is 0.267. The van der Waals surface area contributed by atoms with E-state index in [1.165, 1.54) is 0 Å². The molecule has 2 aromatic heterocycles. The first kappa shape index (κ1) is 14.7. The molecule has 2 aromatic rings. The summed E-state index contributed by atoms with van der Waals surface area (Å²) >= 11 is 1.65. The average Bonchev–Trinajstić information content (AvgIpc) is 2.95. The Hall–Kier alpha value is -1.18. The van der Waals surface area contributed by atoms with Gasteiger partial charge in [0.1, 0.15) is 0 Å². The maximum Gasteiger partial charge on any atom is 0.214 e. The van der Waals surface area contributed by atoms with Gasteiger partial charge in [0.2, 0.25) is 10.1 Å². The van der Waals surface area contributed by atoms with Gasteiger partial charge < -0.3 is 10.0 Å². The number of aryl methyl sites for hydroxylation is 1. The molecule has 3 rings (SSSR count). The van der Waals surface area contributed by atoms with Crippen LogP contribution in [0.1, 0.15) is 26.0 Å². The van der Waals surface area contributed by atoms with E-state index >= 15 is 0 Å².